The standard InChI is InChI=1S/C22H28N6O4S/c1-12(13-2-4-15(5-3-13)25-33(31)32)27-17-8-20(22(27)30)26(10-17)11-18(24)21(29)28-16(9-23)6-14-7-19(14)28/h2-5,12,14,16-20,25H,6-8,10-11,24H2,1H3,(H,31,32)/t12-,14?,16-,17-,18-,19-,20-/m0/s1. The van der Waals surface area contributed by atoms with Crippen molar-refractivity contribution in [1.29, 1.82) is 5.26 Å². The van der Waals surface area contributed by atoms with Crippen LogP contribution in [0.5, 0.6) is 0 Å². The van der Waals surface area contributed by atoms with E-state index < -0.39 is 17.3 Å². The zero-order chi connectivity index (χ0) is 23.4. The molecule has 176 valence electrons. The monoisotopic (exact) mass is 472 g/mol. The highest BCUT2D eigenvalue weighted by molar-refractivity contribution is 7.80. The second-order valence-corrected chi connectivity index (χ2v) is 10.3. The molecule has 0 aromatic heterocycles. The van der Waals surface area contributed by atoms with Crippen LogP contribution < -0.4 is 10.5 Å². The lowest BCUT2D eigenvalue weighted by molar-refractivity contribution is -0.141. The highest BCUT2D eigenvalue weighted by atomic mass is 32.2. The first-order chi connectivity index (χ1) is 15.8. The third-order valence-electron chi connectivity index (χ3n) is 7.59. The van der Waals surface area contributed by atoms with Crippen LogP contribution in [0.2, 0.25) is 0 Å². The molecule has 0 radical (unpaired) electrons. The summed E-state index contributed by atoms with van der Waals surface area (Å²) >= 11 is -2.13. The molecule has 33 heavy (non-hydrogen) atoms. The number of rotatable bonds is 7. The smallest absolute Gasteiger partial charge is 0.259 e. The van der Waals surface area contributed by atoms with Gasteiger partial charge in [0.1, 0.15) is 6.04 Å². The lowest BCUT2D eigenvalue weighted by atomic mass is 10.0. The molecule has 10 nitrogen and oxygen atoms in total. The van der Waals surface area contributed by atoms with Crippen LogP contribution >= 0.6 is 0 Å². The molecule has 3 aliphatic heterocycles. The average Bonchev–Trinajstić information content (AvgIpc) is 3.12. The van der Waals surface area contributed by atoms with Gasteiger partial charge in [-0.2, -0.15) is 5.26 Å². The summed E-state index contributed by atoms with van der Waals surface area (Å²) in [7, 11) is 0. The lowest BCUT2D eigenvalue weighted by Crippen LogP contribution is -2.57. The summed E-state index contributed by atoms with van der Waals surface area (Å²) in [6, 6.07) is 8.03. The Morgan fingerprint density at radius 2 is 2.06 bits per heavy atom. The SMILES string of the molecule is C[C@@H](c1ccc(NS(=O)O)cc1)N1C(=O)[C@@H]2C[C@H]1CN2C[C@H](N)C(=O)N1[C@H](C#N)CC2C[C@@H]21. The van der Waals surface area contributed by atoms with E-state index in [4.69, 9.17) is 10.3 Å². The molecule has 11 heteroatoms. The van der Waals surface area contributed by atoms with Crippen molar-refractivity contribution in [1.82, 2.24) is 14.7 Å². The number of hydrogen-bond acceptors (Lipinski definition) is 6. The van der Waals surface area contributed by atoms with Gasteiger partial charge in [0.2, 0.25) is 11.8 Å². The molecule has 1 saturated carbocycles. The van der Waals surface area contributed by atoms with Gasteiger partial charge in [-0.25, -0.2) is 4.21 Å². The van der Waals surface area contributed by atoms with E-state index in [-0.39, 0.29) is 42.0 Å². The van der Waals surface area contributed by atoms with Crippen LogP contribution in [0.15, 0.2) is 24.3 Å². The number of anilines is 1. The van der Waals surface area contributed by atoms with Gasteiger partial charge in [0.15, 0.2) is 0 Å². The second-order valence-electron chi connectivity index (χ2n) is 9.55. The summed E-state index contributed by atoms with van der Waals surface area (Å²) in [6.45, 7) is 2.96. The molecule has 1 aromatic rings. The first-order valence-electron chi connectivity index (χ1n) is 11.3. The highest BCUT2D eigenvalue weighted by Gasteiger charge is 2.56. The van der Waals surface area contributed by atoms with Crippen LogP contribution in [0.1, 0.15) is 37.8 Å². The number of piperazine rings is 1. The number of fused-ring (bicyclic) bond motifs is 3. The van der Waals surface area contributed by atoms with Crippen molar-refractivity contribution in [2.45, 2.75) is 62.4 Å². The fourth-order valence-corrected chi connectivity index (χ4v) is 6.24. The van der Waals surface area contributed by atoms with Crippen LogP contribution in [-0.4, -0.2) is 78.6 Å². The summed E-state index contributed by atoms with van der Waals surface area (Å²) in [6.07, 6.45) is 2.42. The minimum atomic E-state index is -2.13. The zero-order valence-electron chi connectivity index (χ0n) is 18.3. The molecule has 2 amide bonds. The van der Waals surface area contributed by atoms with Crippen LogP contribution in [0.4, 0.5) is 5.69 Å². The number of nitrogens with two attached hydrogens (primary N) is 1. The molecule has 5 rings (SSSR count). The molecule has 2 bridgehead atoms. The number of benzene rings is 1. The molecule has 1 aromatic carbocycles. The number of nitrogens with one attached hydrogen (secondary N) is 1. The number of likely N-dealkylation sites (tertiary alicyclic amines) is 3. The second kappa shape index (κ2) is 8.36. The maximum Gasteiger partial charge on any atom is 0.259 e. The normalized spacial score (nSPS) is 32.9. The highest BCUT2D eigenvalue weighted by Crippen LogP contribution is 2.48. The lowest BCUT2D eigenvalue weighted by Gasteiger charge is -2.38. The molecule has 8 atom stereocenters. The minimum Gasteiger partial charge on any atom is -0.330 e. The number of piperidine rings is 1. The van der Waals surface area contributed by atoms with Crippen molar-refractivity contribution in [2.24, 2.45) is 11.7 Å². The van der Waals surface area contributed by atoms with Crippen LogP contribution in [-0.2, 0) is 20.9 Å². The molecular weight excluding hydrogens is 444 g/mol. The number of carbonyl (C=O) groups is 2. The fraction of sp³-hybridized carbons (Fsp3) is 0.591. The van der Waals surface area contributed by atoms with Gasteiger partial charge < -0.3 is 15.5 Å². The Balaban J connectivity index is 1.21. The number of hydrogen-bond donors (Lipinski definition) is 3. The molecule has 2 unspecified atom stereocenters. The number of amides is 2. The van der Waals surface area contributed by atoms with Gasteiger partial charge in [-0.15, -0.1) is 0 Å². The molecule has 4 aliphatic rings. The van der Waals surface area contributed by atoms with Crippen molar-refractivity contribution >= 4 is 28.8 Å². The molecule has 4 N–H and O–H groups in total. The molecule has 3 heterocycles. The van der Waals surface area contributed by atoms with E-state index in [1.165, 1.54) is 0 Å². The largest absolute Gasteiger partial charge is 0.330 e. The Morgan fingerprint density at radius 1 is 1.33 bits per heavy atom. The first kappa shape index (κ1) is 22.3. The molecule has 0 spiro atoms. The first-order valence-corrected chi connectivity index (χ1v) is 12.4. The fourth-order valence-electron chi connectivity index (χ4n) is 5.90. The summed E-state index contributed by atoms with van der Waals surface area (Å²) in [5.41, 5.74) is 7.74. The quantitative estimate of drug-likeness (QED) is 0.488. The summed E-state index contributed by atoms with van der Waals surface area (Å²) < 4.78 is 22.3. The summed E-state index contributed by atoms with van der Waals surface area (Å²) in [5, 5.41) is 9.37. The molecule has 3 saturated heterocycles. The van der Waals surface area contributed by atoms with Crippen molar-refractivity contribution in [3.63, 3.8) is 0 Å². The van der Waals surface area contributed by atoms with E-state index in [0.29, 0.717) is 31.1 Å². The third kappa shape index (κ3) is 3.91. The topological polar surface area (TPSA) is 143 Å². The molecular formula is C22H28N6O4S. The summed E-state index contributed by atoms with van der Waals surface area (Å²) in [4.78, 5) is 31.8. The van der Waals surface area contributed by atoms with Crippen molar-refractivity contribution in [3.8, 4) is 6.07 Å². The van der Waals surface area contributed by atoms with E-state index in [9.17, 15) is 19.1 Å². The van der Waals surface area contributed by atoms with E-state index in [1.807, 2.05) is 28.9 Å². The van der Waals surface area contributed by atoms with E-state index in [0.717, 1.165) is 18.4 Å². The zero-order valence-corrected chi connectivity index (χ0v) is 19.1. The summed E-state index contributed by atoms with van der Waals surface area (Å²) in [5.74, 6) is 0.306. The maximum absolute atomic E-state index is 13.2. The van der Waals surface area contributed by atoms with Crippen LogP contribution in [0.25, 0.3) is 0 Å². The van der Waals surface area contributed by atoms with Crippen LogP contribution in [0, 0.1) is 17.2 Å². The van der Waals surface area contributed by atoms with Crippen LogP contribution in [0.3, 0.4) is 0 Å². The van der Waals surface area contributed by atoms with Gasteiger partial charge in [-0.1, -0.05) is 12.1 Å². The predicted octanol–water partition coefficient (Wildman–Crippen LogP) is 0.422. The Morgan fingerprint density at radius 3 is 2.70 bits per heavy atom. The Kier molecular flexibility index (Phi) is 5.64. The van der Waals surface area contributed by atoms with Gasteiger partial charge in [0, 0.05) is 30.9 Å². The Labute approximate surface area is 195 Å². The van der Waals surface area contributed by atoms with E-state index >= 15 is 0 Å². The van der Waals surface area contributed by atoms with E-state index in [2.05, 4.69) is 10.8 Å². The minimum absolute atomic E-state index is 0.0374. The molecule has 4 fully saturated rings. The van der Waals surface area contributed by atoms with E-state index in [1.54, 1.807) is 17.0 Å². The number of nitrogens with zero attached hydrogens (tertiary/aromatic N) is 4. The Hall–Kier alpha value is -2.52. The third-order valence-corrected chi connectivity index (χ3v) is 8.00. The Bertz CT molecular complexity index is 1030. The van der Waals surface area contributed by atoms with Crippen molar-refractivity contribution in [3.05, 3.63) is 29.8 Å². The van der Waals surface area contributed by atoms with Gasteiger partial charge in [0.25, 0.3) is 11.3 Å². The maximum atomic E-state index is 13.2. The van der Waals surface area contributed by atoms with Gasteiger partial charge >= 0.3 is 0 Å². The van der Waals surface area contributed by atoms with Crippen molar-refractivity contribution in [2.75, 3.05) is 17.8 Å². The van der Waals surface area contributed by atoms with Gasteiger partial charge in [0.05, 0.1) is 24.2 Å². The van der Waals surface area contributed by atoms with Gasteiger partial charge in [-0.3, -0.25) is 23.8 Å². The van der Waals surface area contributed by atoms with Gasteiger partial charge in [-0.05, 0) is 49.8 Å². The number of nitriles is 1. The predicted molar refractivity (Wildman–Crippen MR) is 121 cm³/mol. The average molecular weight is 473 g/mol. The number of carbonyl (C=O) groups excluding carboxylic acids is 2. The molecule has 1 aliphatic carbocycles. The van der Waals surface area contributed by atoms with Crippen molar-refractivity contribution < 1.29 is 18.4 Å².